The monoisotopic (exact) mass is 430 g/mol. The second-order valence-electron chi connectivity index (χ2n) is 9.26. The minimum absolute atomic E-state index is 0.0446. The third-order valence-corrected chi connectivity index (χ3v) is 7.36. The number of hydrogen-bond acceptors (Lipinski definition) is 4. The molecule has 4 atom stereocenters. The molecule has 2 unspecified atom stereocenters. The van der Waals surface area contributed by atoms with E-state index in [1.54, 1.807) is 12.4 Å². The van der Waals surface area contributed by atoms with Crippen LogP contribution in [0.3, 0.4) is 0 Å². The maximum atomic E-state index is 13.3. The van der Waals surface area contributed by atoms with E-state index in [2.05, 4.69) is 15.3 Å². The average Bonchev–Trinajstić information content (AvgIpc) is 3.35. The van der Waals surface area contributed by atoms with Crippen molar-refractivity contribution in [3.05, 3.63) is 59.9 Å². The number of benzene rings is 1. The molecule has 1 saturated carbocycles. The Morgan fingerprint density at radius 1 is 1.09 bits per heavy atom. The Kier molecular flexibility index (Phi) is 4.63. The van der Waals surface area contributed by atoms with Gasteiger partial charge in [0.05, 0.1) is 11.5 Å². The maximum Gasteiger partial charge on any atom is 0.256 e. The molecule has 7 nitrogen and oxygen atoms in total. The van der Waals surface area contributed by atoms with Gasteiger partial charge in [-0.3, -0.25) is 9.59 Å². The maximum absolute atomic E-state index is 13.3. The fraction of sp³-hybridized carbons (Fsp3) is 0.400. The van der Waals surface area contributed by atoms with Crippen LogP contribution in [0.4, 0.5) is 0 Å². The highest BCUT2D eigenvalue weighted by Gasteiger charge is 2.45. The summed E-state index contributed by atoms with van der Waals surface area (Å²) >= 11 is 0. The average molecular weight is 431 g/mol. The highest BCUT2D eigenvalue weighted by Crippen LogP contribution is 2.38. The van der Waals surface area contributed by atoms with Crippen LogP contribution in [0.1, 0.15) is 28.8 Å². The summed E-state index contributed by atoms with van der Waals surface area (Å²) in [6.45, 7) is 1.78. The van der Waals surface area contributed by atoms with E-state index < -0.39 is 0 Å². The number of nitrogens with one attached hydrogen (secondary N) is 2. The Hall–Kier alpha value is -3.35. The molecule has 4 heterocycles. The van der Waals surface area contributed by atoms with Crippen molar-refractivity contribution in [1.82, 2.24) is 20.2 Å². The molecule has 2 amide bonds. The second-order valence-corrected chi connectivity index (χ2v) is 9.26. The molecule has 6 rings (SSSR count). The highest BCUT2D eigenvalue weighted by atomic mass is 16.5. The molecule has 2 bridgehead atoms. The van der Waals surface area contributed by atoms with Gasteiger partial charge in [-0.1, -0.05) is 18.2 Å². The first-order chi connectivity index (χ1) is 15.7. The van der Waals surface area contributed by atoms with Crippen LogP contribution in [0, 0.1) is 17.8 Å². The fourth-order valence-electron chi connectivity index (χ4n) is 5.71. The van der Waals surface area contributed by atoms with E-state index in [-0.39, 0.29) is 23.8 Å². The van der Waals surface area contributed by atoms with E-state index in [0.717, 1.165) is 35.2 Å². The molecule has 164 valence electrons. The van der Waals surface area contributed by atoms with Gasteiger partial charge in [-0.25, -0.2) is 4.98 Å². The molecule has 3 aliphatic rings. The number of amides is 2. The van der Waals surface area contributed by atoms with Gasteiger partial charge in [0.1, 0.15) is 18.0 Å². The van der Waals surface area contributed by atoms with Gasteiger partial charge >= 0.3 is 0 Å². The Bertz CT molecular complexity index is 1170. The minimum atomic E-state index is -0.164. The van der Waals surface area contributed by atoms with Gasteiger partial charge < -0.3 is 19.9 Å². The summed E-state index contributed by atoms with van der Waals surface area (Å²) in [5.41, 5.74) is 2.50. The van der Waals surface area contributed by atoms with Gasteiger partial charge in [0, 0.05) is 36.9 Å². The SMILES string of the molecule is O=C(NC1[C@@H]2CC[C@H]1CN(C(=O)c1c[nH]c3ncccc13)C2)C1COc2ccccc2C1. The molecule has 1 aromatic carbocycles. The van der Waals surface area contributed by atoms with Crippen molar-refractivity contribution in [3.8, 4) is 5.75 Å². The predicted molar refractivity (Wildman–Crippen MR) is 119 cm³/mol. The number of aromatic amines is 1. The van der Waals surface area contributed by atoms with Gasteiger partial charge in [-0.15, -0.1) is 0 Å². The first kappa shape index (κ1) is 19.3. The summed E-state index contributed by atoms with van der Waals surface area (Å²) in [6.07, 6.45) is 6.27. The molecule has 0 radical (unpaired) electrons. The number of para-hydroxylation sites is 1. The minimum Gasteiger partial charge on any atom is -0.492 e. The van der Waals surface area contributed by atoms with Crippen LogP contribution >= 0.6 is 0 Å². The summed E-state index contributed by atoms with van der Waals surface area (Å²) in [7, 11) is 0. The normalized spacial score (nSPS) is 26.4. The topological polar surface area (TPSA) is 87.3 Å². The Morgan fingerprint density at radius 2 is 1.91 bits per heavy atom. The van der Waals surface area contributed by atoms with Crippen molar-refractivity contribution in [1.29, 1.82) is 0 Å². The standard InChI is InChI=1S/C25H26N4O3/c30-24(18-10-15-4-1-2-6-21(15)32-14-18)28-22-16-7-8-17(22)13-29(12-16)25(31)20-11-27-23-19(20)5-3-9-26-23/h1-6,9,11,16-18,22H,7-8,10,12-14H2,(H,26,27)(H,28,30)/t16-,17+,18?,22?. The number of piperidine rings is 1. The van der Waals surface area contributed by atoms with Crippen LogP contribution in [0.2, 0.25) is 0 Å². The lowest BCUT2D eigenvalue weighted by atomic mass is 9.90. The van der Waals surface area contributed by atoms with Crippen LogP contribution in [0.25, 0.3) is 11.0 Å². The number of pyridine rings is 1. The van der Waals surface area contributed by atoms with Crippen LogP contribution in [0.5, 0.6) is 5.75 Å². The number of ether oxygens (including phenoxy) is 1. The van der Waals surface area contributed by atoms with Crippen molar-refractivity contribution in [3.63, 3.8) is 0 Å². The fourth-order valence-corrected chi connectivity index (χ4v) is 5.71. The molecule has 2 N–H and O–H groups in total. The molecule has 2 aliphatic heterocycles. The van der Waals surface area contributed by atoms with E-state index in [1.165, 1.54) is 0 Å². The molecule has 1 saturated heterocycles. The van der Waals surface area contributed by atoms with Crippen molar-refractivity contribution in [2.45, 2.75) is 25.3 Å². The molecule has 32 heavy (non-hydrogen) atoms. The number of aromatic nitrogens is 2. The molecule has 1 aliphatic carbocycles. The first-order valence-corrected chi connectivity index (χ1v) is 11.4. The van der Waals surface area contributed by atoms with Crippen molar-refractivity contribution < 1.29 is 14.3 Å². The Labute approximate surface area is 186 Å². The lowest BCUT2D eigenvalue weighted by Crippen LogP contribution is -2.55. The van der Waals surface area contributed by atoms with Crippen molar-refractivity contribution in [2.24, 2.45) is 17.8 Å². The quantitative estimate of drug-likeness (QED) is 0.669. The molecule has 2 fully saturated rings. The summed E-state index contributed by atoms with van der Waals surface area (Å²) in [6, 6.07) is 11.8. The molecule has 3 aromatic rings. The van der Waals surface area contributed by atoms with E-state index in [0.29, 0.717) is 43.5 Å². The zero-order valence-electron chi connectivity index (χ0n) is 17.8. The van der Waals surface area contributed by atoms with Crippen LogP contribution < -0.4 is 10.1 Å². The lowest BCUT2D eigenvalue weighted by molar-refractivity contribution is -0.127. The van der Waals surface area contributed by atoms with E-state index >= 15 is 0 Å². The third kappa shape index (κ3) is 3.23. The van der Waals surface area contributed by atoms with E-state index in [9.17, 15) is 9.59 Å². The van der Waals surface area contributed by atoms with Gasteiger partial charge in [-0.05, 0) is 54.9 Å². The Morgan fingerprint density at radius 3 is 2.75 bits per heavy atom. The number of fused-ring (bicyclic) bond motifs is 4. The second kappa shape index (κ2) is 7.65. The van der Waals surface area contributed by atoms with Crippen molar-refractivity contribution in [2.75, 3.05) is 19.7 Å². The number of nitrogens with zero attached hydrogens (tertiary/aromatic N) is 2. The van der Waals surface area contributed by atoms with Crippen molar-refractivity contribution >= 4 is 22.8 Å². The van der Waals surface area contributed by atoms with Gasteiger partial charge in [0.15, 0.2) is 0 Å². The summed E-state index contributed by atoms with van der Waals surface area (Å²) in [4.78, 5) is 35.7. The number of likely N-dealkylation sites (tertiary alicyclic amines) is 1. The third-order valence-electron chi connectivity index (χ3n) is 7.36. The summed E-state index contributed by atoms with van der Waals surface area (Å²) < 4.78 is 5.82. The number of carbonyl (C=O) groups excluding carboxylic acids is 2. The van der Waals surface area contributed by atoms with Gasteiger partial charge in [0.25, 0.3) is 5.91 Å². The van der Waals surface area contributed by atoms with Crippen LogP contribution in [-0.2, 0) is 11.2 Å². The number of carbonyl (C=O) groups is 2. The molecular formula is C25H26N4O3. The predicted octanol–water partition coefficient (Wildman–Crippen LogP) is 2.78. The van der Waals surface area contributed by atoms with E-state index in [1.807, 2.05) is 41.3 Å². The Balaban J connectivity index is 1.13. The lowest BCUT2D eigenvalue weighted by Gasteiger charge is -2.39. The zero-order chi connectivity index (χ0) is 21.7. The summed E-state index contributed by atoms with van der Waals surface area (Å²) in [5.74, 6) is 1.43. The van der Waals surface area contributed by atoms with Crippen LogP contribution in [0.15, 0.2) is 48.8 Å². The highest BCUT2D eigenvalue weighted by molar-refractivity contribution is 6.05. The molecule has 2 aromatic heterocycles. The smallest absolute Gasteiger partial charge is 0.256 e. The van der Waals surface area contributed by atoms with Gasteiger partial charge in [-0.2, -0.15) is 0 Å². The number of rotatable bonds is 3. The molecular weight excluding hydrogens is 404 g/mol. The number of hydrogen-bond donors (Lipinski definition) is 2. The molecule has 7 heteroatoms. The number of H-pyrrole nitrogens is 1. The largest absolute Gasteiger partial charge is 0.492 e. The van der Waals surface area contributed by atoms with E-state index in [4.69, 9.17) is 4.74 Å². The first-order valence-electron chi connectivity index (χ1n) is 11.4. The summed E-state index contributed by atoms with van der Waals surface area (Å²) in [5, 5.41) is 4.19. The van der Waals surface area contributed by atoms with Gasteiger partial charge in [0.2, 0.25) is 5.91 Å². The van der Waals surface area contributed by atoms with Crippen LogP contribution in [-0.4, -0.2) is 52.4 Å². The molecule has 0 spiro atoms. The zero-order valence-corrected chi connectivity index (χ0v) is 17.8.